The van der Waals surface area contributed by atoms with Gasteiger partial charge in [-0.15, -0.1) is 0 Å². The SMILES string of the molecule is CCCCCCCCCC(CCC(CO)NC(C)=O)NC(C)=O. The molecule has 23 heavy (non-hydrogen) atoms. The van der Waals surface area contributed by atoms with Crippen LogP contribution >= 0.6 is 0 Å². The van der Waals surface area contributed by atoms with Crippen molar-refractivity contribution in [3.05, 3.63) is 0 Å². The second-order valence-electron chi connectivity index (χ2n) is 6.46. The molecule has 5 heteroatoms. The fourth-order valence-electron chi connectivity index (χ4n) is 2.82. The molecule has 0 rings (SSSR count). The standard InChI is InChI=1S/C18H36N2O3/c1-4-5-6-7-8-9-10-11-17(19-15(2)22)12-13-18(14-21)20-16(3)23/h17-18,21H,4-14H2,1-3H3,(H,19,22)(H,20,23). The molecule has 0 bridgehead atoms. The molecule has 3 N–H and O–H groups in total. The van der Waals surface area contributed by atoms with Crippen LogP contribution in [0.4, 0.5) is 0 Å². The highest BCUT2D eigenvalue weighted by Gasteiger charge is 2.14. The number of unbranched alkanes of at least 4 members (excludes halogenated alkanes) is 6. The van der Waals surface area contributed by atoms with E-state index in [-0.39, 0.29) is 30.5 Å². The van der Waals surface area contributed by atoms with E-state index in [1.807, 2.05) is 0 Å². The summed E-state index contributed by atoms with van der Waals surface area (Å²) in [4.78, 5) is 22.4. The molecule has 5 nitrogen and oxygen atoms in total. The van der Waals surface area contributed by atoms with Crippen molar-refractivity contribution in [2.24, 2.45) is 0 Å². The smallest absolute Gasteiger partial charge is 0.217 e. The van der Waals surface area contributed by atoms with Crippen LogP contribution in [0.25, 0.3) is 0 Å². The summed E-state index contributed by atoms with van der Waals surface area (Å²) in [6.07, 6.45) is 11.2. The quantitative estimate of drug-likeness (QED) is 0.429. The number of rotatable bonds is 14. The Bertz CT molecular complexity index is 321. The maximum absolute atomic E-state index is 11.3. The fourth-order valence-corrected chi connectivity index (χ4v) is 2.82. The zero-order chi connectivity index (χ0) is 17.5. The van der Waals surface area contributed by atoms with Crippen LogP contribution in [0.3, 0.4) is 0 Å². The van der Waals surface area contributed by atoms with Gasteiger partial charge in [-0.25, -0.2) is 0 Å². The molecule has 136 valence electrons. The summed E-state index contributed by atoms with van der Waals surface area (Å²) in [7, 11) is 0. The van der Waals surface area contributed by atoms with Gasteiger partial charge in [-0.3, -0.25) is 9.59 Å². The van der Waals surface area contributed by atoms with Crippen LogP contribution in [-0.4, -0.2) is 35.6 Å². The number of aliphatic hydroxyl groups is 1. The Labute approximate surface area is 141 Å². The van der Waals surface area contributed by atoms with Crippen molar-refractivity contribution < 1.29 is 14.7 Å². The Morgan fingerprint density at radius 3 is 1.78 bits per heavy atom. The Balaban J connectivity index is 4.00. The molecule has 0 aliphatic rings. The average molecular weight is 328 g/mol. The molecule has 0 aromatic rings. The molecule has 0 radical (unpaired) electrons. The molecule has 0 aromatic heterocycles. The van der Waals surface area contributed by atoms with E-state index in [1.165, 1.54) is 52.4 Å². The van der Waals surface area contributed by atoms with E-state index >= 15 is 0 Å². The number of hydrogen-bond donors (Lipinski definition) is 3. The maximum atomic E-state index is 11.3. The van der Waals surface area contributed by atoms with E-state index in [0.717, 1.165) is 19.3 Å². The lowest BCUT2D eigenvalue weighted by molar-refractivity contribution is -0.121. The highest BCUT2D eigenvalue weighted by atomic mass is 16.3. The van der Waals surface area contributed by atoms with E-state index < -0.39 is 0 Å². The second kappa shape index (κ2) is 14.5. The highest BCUT2D eigenvalue weighted by molar-refractivity contribution is 5.73. The van der Waals surface area contributed by atoms with Crippen molar-refractivity contribution >= 4 is 11.8 Å². The van der Waals surface area contributed by atoms with Gasteiger partial charge < -0.3 is 15.7 Å². The number of carbonyl (C=O) groups is 2. The van der Waals surface area contributed by atoms with Gasteiger partial charge in [-0.05, 0) is 19.3 Å². The van der Waals surface area contributed by atoms with Gasteiger partial charge >= 0.3 is 0 Å². The first kappa shape index (κ1) is 21.9. The predicted octanol–water partition coefficient (Wildman–Crippen LogP) is 2.91. The fraction of sp³-hybridized carbons (Fsp3) is 0.889. The zero-order valence-corrected chi connectivity index (χ0v) is 15.2. The number of carbonyl (C=O) groups excluding carboxylic acids is 2. The van der Waals surface area contributed by atoms with Crippen molar-refractivity contribution in [1.29, 1.82) is 0 Å². The largest absolute Gasteiger partial charge is 0.394 e. The predicted molar refractivity (Wildman–Crippen MR) is 94.1 cm³/mol. The lowest BCUT2D eigenvalue weighted by Crippen LogP contribution is -2.39. The van der Waals surface area contributed by atoms with Crippen molar-refractivity contribution in [2.45, 2.75) is 97.1 Å². The topological polar surface area (TPSA) is 78.4 Å². The maximum Gasteiger partial charge on any atom is 0.217 e. The highest BCUT2D eigenvalue weighted by Crippen LogP contribution is 2.13. The zero-order valence-electron chi connectivity index (χ0n) is 15.2. The summed E-state index contributed by atoms with van der Waals surface area (Å²) in [6.45, 7) is 5.14. The lowest BCUT2D eigenvalue weighted by atomic mass is 9.99. The van der Waals surface area contributed by atoms with Gasteiger partial charge in [0.15, 0.2) is 0 Å². The van der Waals surface area contributed by atoms with Crippen molar-refractivity contribution in [1.82, 2.24) is 10.6 Å². The molecule has 0 aromatic carbocycles. The Morgan fingerprint density at radius 2 is 1.26 bits per heavy atom. The van der Waals surface area contributed by atoms with Crippen molar-refractivity contribution in [2.75, 3.05) is 6.61 Å². The molecule has 2 atom stereocenters. The van der Waals surface area contributed by atoms with Gasteiger partial charge in [0.2, 0.25) is 11.8 Å². The Kier molecular flexibility index (Phi) is 13.8. The van der Waals surface area contributed by atoms with Crippen LogP contribution in [0.15, 0.2) is 0 Å². The third-order valence-electron chi connectivity index (χ3n) is 4.05. The summed E-state index contributed by atoms with van der Waals surface area (Å²) in [5.41, 5.74) is 0. The molecule has 0 saturated heterocycles. The van der Waals surface area contributed by atoms with Crippen molar-refractivity contribution in [3.63, 3.8) is 0 Å². The monoisotopic (exact) mass is 328 g/mol. The van der Waals surface area contributed by atoms with Gasteiger partial charge in [0, 0.05) is 19.9 Å². The van der Waals surface area contributed by atoms with Crippen LogP contribution in [0.5, 0.6) is 0 Å². The van der Waals surface area contributed by atoms with Gasteiger partial charge in [0.1, 0.15) is 0 Å². The van der Waals surface area contributed by atoms with Crippen LogP contribution in [-0.2, 0) is 9.59 Å². The minimum atomic E-state index is -0.224. The normalized spacial score (nSPS) is 13.4. The average Bonchev–Trinajstić information content (AvgIpc) is 2.49. The molecule has 0 heterocycles. The molecule has 0 fully saturated rings. The molecule has 2 amide bonds. The molecule has 0 aliphatic heterocycles. The van der Waals surface area contributed by atoms with Crippen LogP contribution < -0.4 is 10.6 Å². The first-order chi connectivity index (χ1) is 11.0. The summed E-state index contributed by atoms with van der Waals surface area (Å²) in [6, 6.07) is -0.0937. The summed E-state index contributed by atoms with van der Waals surface area (Å²) in [5.74, 6) is -0.148. The third kappa shape index (κ3) is 14.2. The van der Waals surface area contributed by atoms with Crippen LogP contribution in [0.1, 0.15) is 85.0 Å². The van der Waals surface area contributed by atoms with Gasteiger partial charge in [-0.2, -0.15) is 0 Å². The minimum Gasteiger partial charge on any atom is -0.394 e. The van der Waals surface area contributed by atoms with Gasteiger partial charge in [-0.1, -0.05) is 51.9 Å². The Morgan fingerprint density at radius 1 is 0.783 bits per heavy atom. The summed E-state index contributed by atoms with van der Waals surface area (Å²) >= 11 is 0. The third-order valence-corrected chi connectivity index (χ3v) is 4.05. The summed E-state index contributed by atoms with van der Waals surface area (Å²) in [5, 5.41) is 15.0. The number of amides is 2. The molecular weight excluding hydrogens is 292 g/mol. The molecular formula is C18H36N2O3. The van der Waals surface area contributed by atoms with E-state index in [4.69, 9.17) is 0 Å². The molecule has 0 saturated carbocycles. The first-order valence-electron chi connectivity index (χ1n) is 9.14. The number of aliphatic hydroxyl groups excluding tert-OH is 1. The summed E-state index contributed by atoms with van der Waals surface area (Å²) < 4.78 is 0. The van der Waals surface area contributed by atoms with E-state index in [0.29, 0.717) is 6.42 Å². The Hall–Kier alpha value is -1.10. The van der Waals surface area contributed by atoms with E-state index in [2.05, 4.69) is 17.6 Å². The van der Waals surface area contributed by atoms with Gasteiger partial charge in [0.25, 0.3) is 0 Å². The molecule has 0 aliphatic carbocycles. The minimum absolute atomic E-state index is 0.0157. The van der Waals surface area contributed by atoms with Crippen LogP contribution in [0, 0.1) is 0 Å². The number of hydrogen-bond acceptors (Lipinski definition) is 3. The number of nitrogens with one attached hydrogen (secondary N) is 2. The molecule has 2 unspecified atom stereocenters. The van der Waals surface area contributed by atoms with Gasteiger partial charge in [0.05, 0.1) is 12.6 Å². The van der Waals surface area contributed by atoms with Crippen LogP contribution in [0.2, 0.25) is 0 Å². The lowest BCUT2D eigenvalue weighted by Gasteiger charge is -2.21. The first-order valence-corrected chi connectivity index (χ1v) is 9.14. The second-order valence-corrected chi connectivity index (χ2v) is 6.46. The van der Waals surface area contributed by atoms with Crippen molar-refractivity contribution in [3.8, 4) is 0 Å². The van der Waals surface area contributed by atoms with E-state index in [9.17, 15) is 14.7 Å². The molecule has 0 spiro atoms. The van der Waals surface area contributed by atoms with E-state index in [1.54, 1.807) is 0 Å².